The van der Waals surface area contributed by atoms with E-state index in [2.05, 4.69) is 5.32 Å². The number of rotatable bonds is 8. The van der Waals surface area contributed by atoms with Crippen molar-refractivity contribution in [3.05, 3.63) is 71.5 Å². The first-order valence-corrected chi connectivity index (χ1v) is 14.4. The van der Waals surface area contributed by atoms with E-state index < -0.39 is 59.3 Å². The van der Waals surface area contributed by atoms with Crippen LogP contribution in [0.25, 0.3) is 33.4 Å². The van der Waals surface area contributed by atoms with Gasteiger partial charge in [-0.25, -0.2) is 12.8 Å². The highest BCUT2D eigenvalue weighted by Crippen LogP contribution is 2.42. The summed E-state index contributed by atoms with van der Waals surface area (Å²) in [4.78, 5) is 27.1. The zero-order valence-corrected chi connectivity index (χ0v) is 23.9. The first kappa shape index (κ1) is 20.5. The molecule has 42 heavy (non-hydrogen) atoms. The third-order valence-corrected chi connectivity index (χ3v) is 7.63. The van der Waals surface area contributed by atoms with Crippen LogP contribution in [0.4, 0.5) is 10.1 Å². The number of hydrogen-bond acceptors (Lipinski definition) is 6. The first-order chi connectivity index (χ1) is 23.4. The molecule has 0 aliphatic carbocycles. The summed E-state index contributed by atoms with van der Waals surface area (Å²) in [5.41, 5.74) is -3.57. The molecule has 0 aliphatic rings. The van der Waals surface area contributed by atoms with Crippen molar-refractivity contribution in [2.45, 2.75) is 33.0 Å². The highest BCUT2D eigenvalue weighted by molar-refractivity contribution is 7.92. The average molecular weight is 605 g/mol. The Bertz CT molecular complexity index is 2060. The number of nitrogens with zero attached hydrogens (tertiary/aromatic N) is 1. The lowest BCUT2D eigenvalue weighted by atomic mass is 9.96. The summed E-state index contributed by atoms with van der Waals surface area (Å²) in [5.74, 6) is -2.74. The first-order valence-electron chi connectivity index (χ1n) is 17.0. The van der Waals surface area contributed by atoms with Crippen molar-refractivity contribution in [2.75, 3.05) is 31.3 Å². The van der Waals surface area contributed by atoms with Gasteiger partial charge in [-0.15, -0.1) is 0 Å². The molecule has 2 N–H and O–H groups in total. The molecule has 1 aromatic heterocycles. The minimum Gasteiger partial charge on any atom is -0.496 e. The Morgan fingerprint density at radius 1 is 1.05 bits per heavy atom. The number of ether oxygens (including phenoxy) is 1. The van der Waals surface area contributed by atoms with Gasteiger partial charge in [0.2, 0.25) is 10.0 Å². The molecule has 2 amide bonds. The van der Waals surface area contributed by atoms with Crippen LogP contribution in [0.5, 0.6) is 5.75 Å². The van der Waals surface area contributed by atoms with Crippen LogP contribution in [-0.4, -0.2) is 52.7 Å². The fourth-order valence-electron chi connectivity index (χ4n) is 4.60. The number of sulfonamides is 1. The normalized spacial score (nSPS) is 15.9. The van der Waals surface area contributed by atoms with E-state index in [9.17, 15) is 22.4 Å². The van der Waals surface area contributed by atoms with E-state index >= 15 is 0 Å². The molecule has 0 spiro atoms. The molecule has 11 heteroatoms. The lowest BCUT2D eigenvalue weighted by Gasteiger charge is -2.24. The summed E-state index contributed by atoms with van der Waals surface area (Å²) in [6.07, 6.45) is 0.956. The maximum atomic E-state index is 13.8. The van der Waals surface area contributed by atoms with Gasteiger partial charge in [-0.05, 0) is 75.5 Å². The topological polar surface area (TPSA) is 118 Å². The van der Waals surface area contributed by atoms with Crippen molar-refractivity contribution < 1.29 is 43.9 Å². The molecule has 9 nitrogen and oxygen atoms in total. The van der Waals surface area contributed by atoms with Crippen molar-refractivity contribution in [1.82, 2.24) is 10.6 Å². The summed E-state index contributed by atoms with van der Waals surface area (Å²) >= 11 is 0. The fraction of sp³-hybridized carbons (Fsp3) is 0.290. The Hall–Kier alpha value is -4.38. The molecule has 0 bridgehead atoms. The van der Waals surface area contributed by atoms with Crippen LogP contribution in [0.1, 0.15) is 60.5 Å². The van der Waals surface area contributed by atoms with E-state index in [4.69, 9.17) is 21.5 Å². The Kier molecular flexibility index (Phi) is 5.60. The van der Waals surface area contributed by atoms with E-state index in [0.29, 0.717) is 5.56 Å². The maximum absolute atomic E-state index is 13.8. The summed E-state index contributed by atoms with van der Waals surface area (Å²) < 4.78 is 123. The Labute approximate surface area is 257 Å². The van der Waals surface area contributed by atoms with Crippen molar-refractivity contribution in [1.29, 1.82) is 0 Å². The lowest BCUT2D eigenvalue weighted by Crippen LogP contribution is -2.40. The monoisotopic (exact) mass is 604 g/mol. The number of hydrogen-bond donors (Lipinski definition) is 2. The number of nitrogens with one attached hydrogen (secondary N) is 2. The van der Waals surface area contributed by atoms with Gasteiger partial charge in [0, 0.05) is 54.0 Å². The predicted molar refractivity (Wildman–Crippen MR) is 162 cm³/mol. The second-order valence-electron chi connectivity index (χ2n) is 9.30. The van der Waals surface area contributed by atoms with Gasteiger partial charge in [0.1, 0.15) is 22.9 Å². The smallest absolute Gasteiger partial charge is 0.255 e. The molecular formula is C31H34FN3O6S. The SMILES string of the molecule is [2H]C([2H])([2H])C(NC(=O)c1cc(-c2cc3c(C(=O)NC)c(-c4ccc(F)cc4)oc3cc2N(CC)S(C)(=O)=O)ccc1OC)(C([2H])([2H])[2H])C([2H])([2H])[2H]. The van der Waals surface area contributed by atoms with Gasteiger partial charge in [-0.1, -0.05) is 6.07 Å². The van der Waals surface area contributed by atoms with Gasteiger partial charge in [-0.3, -0.25) is 13.9 Å². The van der Waals surface area contributed by atoms with E-state index in [1.807, 2.05) is 0 Å². The standard InChI is InChI=1S/C31H34FN3O6S/c1-8-35(42(7,38)39)24-17-26-22(27(30(37)33-5)28(41-26)18-9-12-20(32)13-10-18)16-21(24)19-11-14-25(40-6)23(15-19)29(36)34-31(2,3)4/h9-17H,8H2,1-7H3,(H,33,37)(H,34,36)/i2D3,3D3,4D3. The van der Waals surface area contributed by atoms with Crippen LogP contribution < -0.4 is 19.7 Å². The van der Waals surface area contributed by atoms with Crippen molar-refractivity contribution >= 4 is 38.5 Å². The van der Waals surface area contributed by atoms with Gasteiger partial charge in [0.25, 0.3) is 11.8 Å². The van der Waals surface area contributed by atoms with Crippen LogP contribution in [0.15, 0.2) is 59.0 Å². The van der Waals surface area contributed by atoms with Gasteiger partial charge < -0.3 is 19.8 Å². The minimum absolute atomic E-state index is 0.0126. The van der Waals surface area contributed by atoms with Crippen LogP contribution in [0.2, 0.25) is 0 Å². The molecule has 0 unspecified atom stereocenters. The third kappa shape index (κ3) is 6.11. The number of carbonyl (C=O) groups is 2. The predicted octanol–water partition coefficient (Wildman–Crippen LogP) is 5.59. The third-order valence-electron chi connectivity index (χ3n) is 6.38. The van der Waals surface area contributed by atoms with Crippen molar-refractivity contribution in [3.8, 4) is 28.2 Å². The maximum Gasteiger partial charge on any atom is 0.255 e. The number of furan rings is 1. The fourth-order valence-corrected chi connectivity index (χ4v) is 5.58. The van der Waals surface area contributed by atoms with E-state index in [1.165, 1.54) is 55.6 Å². The van der Waals surface area contributed by atoms with Gasteiger partial charge >= 0.3 is 0 Å². The Morgan fingerprint density at radius 3 is 2.29 bits per heavy atom. The molecule has 222 valence electrons. The summed E-state index contributed by atoms with van der Waals surface area (Å²) in [7, 11) is -1.45. The molecule has 4 rings (SSSR count). The Morgan fingerprint density at radius 2 is 1.71 bits per heavy atom. The summed E-state index contributed by atoms with van der Waals surface area (Å²) in [5, 5.41) is 4.48. The second kappa shape index (κ2) is 11.5. The summed E-state index contributed by atoms with van der Waals surface area (Å²) in [6, 6.07) is 11.7. The summed E-state index contributed by atoms with van der Waals surface area (Å²) in [6.45, 7) is -9.79. The van der Waals surface area contributed by atoms with Gasteiger partial charge in [0.05, 0.1) is 30.2 Å². The van der Waals surface area contributed by atoms with Crippen LogP contribution in [0.3, 0.4) is 0 Å². The molecule has 0 saturated heterocycles. The molecule has 0 aliphatic heterocycles. The van der Waals surface area contributed by atoms with E-state index in [-0.39, 0.29) is 51.4 Å². The molecule has 0 saturated carbocycles. The molecule has 3 aromatic carbocycles. The number of benzene rings is 3. The quantitative estimate of drug-likeness (QED) is 0.271. The molecule has 0 fully saturated rings. The zero-order valence-electron chi connectivity index (χ0n) is 32.1. The number of halogens is 1. The van der Waals surface area contributed by atoms with Crippen molar-refractivity contribution in [3.63, 3.8) is 0 Å². The molecular weight excluding hydrogens is 561 g/mol. The number of carbonyl (C=O) groups excluding carboxylic acids is 2. The zero-order chi connectivity index (χ0) is 38.5. The highest BCUT2D eigenvalue weighted by Gasteiger charge is 2.28. The van der Waals surface area contributed by atoms with Gasteiger partial charge in [0.15, 0.2) is 0 Å². The number of anilines is 1. The molecule has 4 aromatic rings. The van der Waals surface area contributed by atoms with Crippen molar-refractivity contribution in [2.24, 2.45) is 0 Å². The molecule has 0 radical (unpaired) electrons. The molecule has 0 atom stereocenters. The molecule has 1 heterocycles. The number of amides is 2. The van der Waals surface area contributed by atoms with E-state index in [0.717, 1.165) is 23.7 Å². The van der Waals surface area contributed by atoms with Crippen LogP contribution in [-0.2, 0) is 10.0 Å². The largest absolute Gasteiger partial charge is 0.496 e. The lowest BCUT2D eigenvalue weighted by molar-refractivity contribution is 0.0915. The van der Waals surface area contributed by atoms with E-state index in [1.54, 1.807) is 12.2 Å². The number of methoxy groups -OCH3 is 1. The number of fused-ring (bicyclic) bond motifs is 1. The minimum atomic E-state index is -3.98. The van der Waals surface area contributed by atoms with Gasteiger partial charge in [-0.2, -0.15) is 0 Å². The highest BCUT2D eigenvalue weighted by atomic mass is 32.2. The Balaban J connectivity index is 2.07. The average Bonchev–Trinajstić information content (AvgIpc) is 3.39. The van der Waals surface area contributed by atoms with Crippen LogP contribution >= 0.6 is 0 Å². The second-order valence-corrected chi connectivity index (χ2v) is 11.2. The van der Waals surface area contributed by atoms with Crippen LogP contribution in [0, 0.1) is 5.82 Å².